The summed E-state index contributed by atoms with van der Waals surface area (Å²) in [6.07, 6.45) is 0.559. The number of urea groups is 1. The Hall–Kier alpha value is -2.94. The summed E-state index contributed by atoms with van der Waals surface area (Å²) < 4.78 is 5.03. The largest absolute Gasteiger partial charge is 0.480 e. The first-order valence-electron chi connectivity index (χ1n) is 7.35. The second-order valence-electron chi connectivity index (χ2n) is 5.23. The molecule has 1 aromatic heterocycles. The van der Waals surface area contributed by atoms with Crippen molar-refractivity contribution < 1.29 is 19.2 Å². The Bertz CT molecular complexity index is 688. The highest BCUT2D eigenvalue weighted by Gasteiger charge is 2.17. The molecule has 2 atom stereocenters. The number of amides is 2. The van der Waals surface area contributed by atoms with Gasteiger partial charge in [0.2, 0.25) is 5.89 Å². The molecule has 1 heterocycles. The molecule has 24 heavy (non-hydrogen) atoms. The molecule has 0 spiro atoms. The zero-order valence-corrected chi connectivity index (χ0v) is 13.1. The summed E-state index contributed by atoms with van der Waals surface area (Å²) in [5.41, 5.74) is 7.10. The van der Waals surface area contributed by atoms with Gasteiger partial charge in [-0.25, -0.2) is 4.79 Å². The van der Waals surface area contributed by atoms with Gasteiger partial charge in [-0.15, -0.1) is 0 Å². The topological polar surface area (TPSA) is 143 Å². The first-order chi connectivity index (χ1) is 11.5. The van der Waals surface area contributed by atoms with Gasteiger partial charge in [0.1, 0.15) is 6.04 Å². The maximum atomic E-state index is 11.5. The summed E-state index contributed by atoms with van der Waals surface area (Å²) in [5, 5.41) is 17.2. The number of aliphatic carboxylic acids is 1. The molecule has 0 bridgehead atoms. The van der Waals surface area contributed by atoms with E-state index in [4.69, 9.17) is 15.4 Å². The molecule has 1 aromatic carbocycles. The first-order valence-corrected chi connectivity index (χ1v) is 7.35. The molecular formula is C15H19N5O4. The van der Waals surface area contributed by atoms with Crippen LogP contribution in [0.4, 0.5) is 4.79 Å². The van der Waals surface area contributed by atoms with E-state index >= 15 is 0 Å². The molecule has 2 aromatic rings. The number of rotatable bonds is 7. The molecular weight excluding hydrogens is 314 g/mol. The van der Waals surface area contributed by atoms with Crippen molar-refractivity contribution in [3.8, 4) is 0 Å². The Labute approximate surface area is 138 Å². The zero-order valence-electron chi connectivity index (χ0n) is 13.1. The second-order valence-corrected chi connectivity index (χ2v) is 5.23. The smallest absolute Gasteiger partial charge is 0.325 e. The third-order valence-corrected chi connectivity index (χ3v) is 3.23. The summed E-state index contributed by atoms with van der Waals surface area (Å²) in [6, 6.07) is 7.61. The van der Waals surface area contributed by atoms with E-state index in [1.54, 1.807) is 0 Å². The van der Waals surface area contributed by atoms with Crippen LogP contribution in [0.2, 0.25) is 0 Å². The van der Waals surface area contributed by atoms with Gasteiger partial charge in [0.15, 0.2) is 5.82 Å². The molecule has 2 amide bonds. The first kappa shape index (κ1) is 17.4. The SMILES string of the molecule is C[C@H](NC(=O)NCc1nc([C@@H](N)Cc2ccccc2)no1)C(=O)O. The molecule has 0 aliphatic heterocycles. The lowest BCUT2D eigenvalue weighted by Gasteiger charge is -2.09. The third kappa shape index (κ3) is 5.06. The molecule has 5 N–H and O–H groups in total. The number of carboxylic acids is 1. The lowest BCUT2D eigenvalue weighted by molar-refractivity contribution is -0.138. The van der Waals surface area contributed by atoms with Gasteiger partial charge in [0.05, 0.1) is 12.6 Å². The van der Waals surface area contributed by atoms with Gasteiger partial charge in [0, 0.05) is 0 Å². The molecule has 0 saturated heterocycles. The van der Waals surface area contributed by atoms with Crippen molar-refractivity contribution in [2.75, 3.05) is 0 Å². The maximum Gasteiger partial charge on any atom is 0.325 e. The van der Waals surface area contributed by atoms with Crippen LogP contribution in [-0.2, 0) is 17.8 Å². The fourth-order valence-corrected chi connectivity index (χ4v) is 1.92. The number of hydrogen-bond donors (Lipinski definition) is 4. The highest BCUT2D eigenvalue weighted by atomic mass is 16.5. The monoisotopic (exact) mass is 333 g/mol. The number of benzene rings is 1. The van der Waals surface area contributed by atoms with Crippen molar-refractivity contribution in [1.29, 1.82) is 0 Å². The highest BCUT2D eigenvalue weighted by molar-refractivity contribution is 5.81. The van der Waals surface area contributed by atoms with Crippen LogP contribution in [0.15, 0.2) is 34.9 Å². The average Bonchev–Trinajstić information content (AvgIpc) is 3.03. The maximum absolute atomic E-state index is 11.5. The van der Waals surface area contributed by atoms with Crippen molar-refractivity contribution in [3.63, 3.8) is 0 Å². The number of nitrogens with zero attached hydrogens (tertiary/aromatic N) is 2. The van der Waals surface area contributed by atoms with Crippen LogP contribution in [0, 0.1) is 0 Å². The summed E-state index contributed by atoms with van der Waals surface area (Å²) in [6.45, 7) is 1.33. The Morgan fingerprint density at radius 1 is 1.33 bits per heavy atom. The number of nitrogens with one attached hydrogen (secondary N) is 2. The van der Waals surface area contributed by atoms with E-state index in [-0.39, 0.29) is 12.4 Å². The molecule has 2 rings (SSSR count). The number of carbonyl (C=O) groups excluding carboxylic acids is 1. The van der Waals surface area contributed by atoms with Gasteiger partial charge in [-0.05, 0) is 18.9 Å². The Balaban J connectivity index is 1.84. The van der Waals surface area contributed by atoms with E-state index in [1.807, 2.05) is 30.3 Å². The van der Waals surface area contributed by atoms with Crippen molar-refractivity contribution in [2.24, 2.45) is 5.73 Å². The number of carboxylic acid groups (broad SMARTS) is 1. The van der Waals surface area contributed by atoms with E-state index in [0.29, 0.717) is 12.2 Å². The van der Waals surface area contributed by atoms with E-state index in [0.717, 1.165) is 5.56 Å². The highest BCUT2D eigenvalue weighted by Crippen LogP contribution is 2.13. The van der Waals surface area contributed by atoms with Gasteiger partial charge < -0.3 is 26.0 Å². The minimum atomic E-state index is -1.13. The standard InChI is InChI=1S/C15H19N5O4/c1-9(14(21)22)18-15(23)17-8-12-19-13(20-24-12)11(16)7-10-5-3-2-4-6-10/h2-6,9,11H,7-8,16H2,1H3,(H,21,22)(H2,17,18,23)/t9-,11-/m0/s1. The molecule has 0 radical (unpaired) electrons. The lowest BCUT2D eigenvalue weighted by Crippen LogP contribution is -2.44. The summed E-state index contributed by atoms with van der Waals surface area (Å²) >= 11 is 0. The minimum Gasteiger partial charge on any atom is -0.480 e. The fraction of sp³-hybridized carbons (Fsp3) is 0.333. The predicted octanol–water partition coefficient (Wildman–Crippen LogP) is 0.584. The minimum absolute atomic E-state index is 0.0246. The molecule has 0 aliphatic carbocycles. The zero-order chi connectivity index (χ0) is 17.5. The van der Waals surface area contributed by atoms with Gasteiger partial charge in [-0.1, -0.05) is 35.5 Å². The van der Waals surface area contributed by atoms with Crippen molar-refractivity contribution in [1.82, 2.24) is 20.8 Å². The number of hydrogen-bond acceptors (Lipinski definition) is 6. The van der Waals surface area contributed by atoms with Crippen LogP contribution >= 0.6 is 0 Å². The molecule has 0 fully saturated rings. The summed E-state index contributed by atoms with van der Waals surface area (Å²) in [7, 11) is 0. The van der Waals surface area contributed by atoms with Crippen LogP contribution in [-0.4, -0.2) is 33.3 Å². The van der Waals surface area contributed by atoms with Crippen LogP contribution < -0.4 is 16.4 Å². The Kier molecular flexibility index (Phi) is 5.85. The summed E-state index contributed by atoms with van der Waals surface area (Å²) in [4.78, 5) is 26.3. The molecule has 0 saturated carbocycles. The average molecular weight is 333 g/mol. The van der Waals surface area contributed by atoms with Gasteiger partial charge in [-0.2, -0.15) is 4.98 Å². The molecule has 9 heteroatoms. The molecule has 128 valence electrons. The molecule has 0 unspecified atom stereocenters. The van der Waals surface area contributed by atoms with E-state index < -0.39 is 24.1 Å². The van der Waals surface area contributed by atoms with Crippen LogP contribution in [0.25, 0.3) is 0 Å². The van der Waals surface area contributed by atoms with E-state index in [9.17, 15) is 9.59 Å². The summed E-state index contributed by atoms with van der Waals surface area (Å²) in [5.74, 6) is -0.598. The van der Waals surface area contributed by atoms with Crippen LogP contribution in [0.3, 0.4) is 0 Å². The van der Waals surface area contributed by atoms with Crippen LogP contribution in [0.5, 0.6) is 0 Å². The predicted molar refractivity (Wildman–Crippen MR) is 83.8 cm³/mol. The van der Waals surface area contributed by atoms with Crippen molar-refractivity contribution in [2.45, 2.75) is 32.0 Å². The fourth-order valence-electron chi connectivity index (χ4n) is 1.92. The molecule has 9 nitrogen and oxygen atoms in total. The van der Waals surface area contributed by atoms with Gasteiger partial charge in [-0.3, -0.25) is 4.79 Å². The number of carbonyl (C=O) groups is 2. The quantitative estimate of drug-likeness (QED) is 0.580. The second kappa shape index (κ2) is 8.06. The third-order valence-electron chi connectivity index (χ3n) is 3.23. The number of nitrogens with two attached hydrogens (primary N) is 1. The van der Waals surface area contributed by atoms with E-state index in [1.165, 1.54) is 6.92 Å². The number of aromatic nitrogens is 2. The van der Waals surface area contributed by atoms with E-state index in [2.05, 4.69) is 20.8 Å². The van der Waals surface area contributed by atoms with Crippen LogP contribution in [0.1, 0.15) is 30.2 Å². The van der Waals surface area contributed by atoms with Crippen molar-refractivity contribution in [3.05, 3.63) is 47.6 Å². The lowest BCUT2D eigenvalue weighted by atomic mass is 10.1. The van der Waals surface area contributed by atoms with Crippen molar-refractivity contribution >= 4 is 12.0 Å². The Morgan fingerprint density at radius 3 is 2.71 bits per heavy atom. The van der Waals surface area contributed by atoms with Gasteiger partial charge >= 0.3 is 12.0 Å². The Morgan fingerprint density at radius 2 is 2.04 bits per heavy atom. The van der Waals surface area contributed by atoms with Gasteiger partial charge in [0.25, 0.3) is 0 Å². The molecule has 0 aliphatic rings. The normalized spacial score (nSPS) is 13.1.